The SMILES string of the molecule is CNS(=O)(=O)c1cccc(CNCc2ccc(OCC(F)(F)F)c(OC)c2)c1. The Bertz CT molecular complexity index is 902. The highest BCUT2D eigenvalue weighted by atomic mass is 32.2. The minimum Gasteiger partial charge on any atom is -0.493 e. The average Bonchev–Trinajstić information content (AvgIpc) is 2.66. The number of rotatable bonds is 9. The summed E-state index contributed by atoms with van der Waals surface area (Å²) in [5.74, 6) is 0.208. The number of alkyl halides is 3. The minimum atomic E-state index is -4.43. The van der Waals surface area contributed by atoms with E-state index in [1.165, 1.54) is 26.3 Å². The van der Waals surface area contributed by atoms with Gasteiger partial charge in [-0.15, -0.1) is 0 Å². The maximum absolute atomic E-state index is 12.3. The van der Waals surface area contributed by atoms with E-state index in [-0.39, 0.29) is 16.4 Å². The van der Waals surface area contributed by atoms with E-state index in [1.54, 1.807) is 30.3 Å². The molecule has 0 heterocycles. The molecule has 0 aromatic heterocycles. The summed E-state index contributed by atoms with van der Waals surface area (Å²) in [5, 5.41) is 3.15. The fourth-order valence-electron chi connectivity index (χ4n) is 2.39. The van der Waals surface area contributed by atoms with Crippen LogP contribution in [0.2, 0.25) is 0 Å². The van der Waals surface area contributed by atoms with Crippen LogP contribution in [0.25, 0.3) is 0 Å². The highest BCUT2D eigenvalue weighted by Gasteiger charge is 2.29. The second-order valence-electron chi connectivity index (χ2n) is 5.85. The third-order valence-corrected chi connectivity index (χ3v) is 5.17. The van der Waals surface area contributed by atoms with Crippen LogP contribution in [0.5, 0.6) is 11.5 Å². The molecule has 154 valence electrons. The number of hydrogen-bond donors (Lipinski definition) is 2. The summed E-state index contributed by atoms with van der Waals surface area (Å²) in [5.41, 5.74) is 1.55. The molecule has 0 aliphatic carbocycles. The molecule has 0 aliphatic heterocycles. The molecule has 0 radical (unpaired) electrons. The van der Waals surface area contributed by atoms with Gasteiger partial charge in [0.05, 0.1) is 12.0 Å². The molecule has 28 heavy (non-hydrogen) atoms. The molecule has 2 aromatic rings. The minimum absolute atomic E-state index is 0.00792. The van der Waals surface area contributed by atoms with Crippen LogP contribution < -0.4 is 19.5 Å². The molecular weight excluding hydrogens is 397 g/mol. The number of hydrogen-bond acceptors (Lipinski definition) is 5. The van der Waals surface area contributed by atoms with E-state index in [0.717, 1.165) is 11.1 Å². The zero-order valence-corrected chi connectivity index (χ0v) is 16.2. The van der Waals surface area contributed by atoms with E-state index >= 15 is 0 Å². The van der Waals surface area contributed by atoms with Crippen LogP contribution >= 0.6 is 0 Å². The summed E-state index contributed by atoms with van der Waals surface area (Å²) >= 11 is 0. The van der Waals surface area contributed by atoms with Crippen LogP contribution in [-0.2, 0) is 23.1 Å². The number of methoxy groups -OCH3 is 1. The molecule has 2 rings (SSSR count). The number of benzene rings is 2. The lowest BCUT2D eigenvalue weighted by atomic mass is 10.2. The molecule has 0 aliphatic rings. The topological polar surface area (TPSA) is 76.7 Å². The first kappa shape index (κ1) is 22.0. The van der Waals surface area contributed by atoms with Crippen molar-refractivity contribution in [1.29, 1.82) is 0 Å². The van der Waals surface area contributed by atoms with Crippen LogP contribution in [-0.4, -0.2) is 35.4 Å². The molecule has 2 aromatic carbocycles. The predicted octanol–water partition coefficient (Wildman–Crippen LogP) is 2.83. The molecule has 10 heteroatoms. The van der Waals surface area contributed by atoms with Crippen LogP contribution in [0, 0.1) is 0 Å². The first-order valence-electron chi connectivity index (χ1n) is 8.24. The van der Waals surface area contributed by atoms with Gasteiger partial charge in [-0.25, -0.2) is 13.1 Å². The maximum atomic E-state index is 12.3. The van der Waals surface area contributed by atoms with Gasteiger partial charge in [0.2, 0.25) is 10.0 Å². The standard InChI is InChI=1S/C18H21F3N2O4S/c1-22-28(24,25)15-5-3-4-13(8-15)10-23-11-14-6-7-16(17(9-14)26-2)27-12-18(19,20)21/h3-9,22-23H,10-12H2,1-2H3. The third kappa shape index (κ3) is 6.39. The van der Waals surface area contributed by atoms with Crippen molar-refractivity contribution in [1.82, 2.24) is 10.0 Å². The second-order valence-corrected chi connectivity index (χ2v) is 7.73. The molecule has 0 bridgehead atoms. The van der Waals surface area contributed by atoms with Crippen molar-refractivity contribution in [3.05, 3.63) is 53.6 Å². The van der Waals surface area contributed by atoms with Gasteiger partial charge in [0.1, 0.15) is 0 Å². The van der Waals surface area contributed by atoms with Gasteiger partial charge in [-0.2, -0.15) is 13.2 Å². The largest absolute Gasteiger partial charge is 0.493 e. The summed E-state index contributed by atoms with van der Waals surface area (Å²) in [6.45, 7) is -0.590. The highest BCUT2D eigenvalue weighted by Crippen LogP contribution is 2.29. The summed E-state index contributed by atoms with van der Waals surface area (Å²) in [4.78, 5) is 0.169. The Morgan fingerprint density at radius 3 is 2.29 bits per heavy atom. The van der Waals surface area contributed by atoms with Gasteiger partial charge in [0.15, 0.2) is 18.1 Å². The Morgan fingerprint density at radius 1 is 1.00 bits per heavy atom. The fourth-order valence-corrected chi connectivity index (χ4v) is 3.19. The van der Waals surface area contributed by atoms with Crippen molar-refractivity contribution in [2.45, 2.75) is 24.2 Å². The molecule has 6 nitrogen and oxygen atoms in total. The van der Waals surface area contributed by atoms with Crippen molar-refractivity contribution in [2.75, 3.05) is 20.8 Å². The molecule has 0 spiro atoms. The molecule has 0 unspecified atom stereocenters. The quantitative estimate of drug-likeness (QED) is 0.655. The average molecular weight is 418 g/mol. The van der Waals surface area contributed by atoms with E-state index < -0.39 is 22.8 Å². The van der Waals surface area contributed by atoms with Gasteiger partial charge in [0.25, 0.3) is 0 Å². The summed E-state index contributed by atoms with van der Waals surface area (Å²) < 4.78 is 72.6. The van der Waals surface area contributed by atoms with Gasteiger partial charge < -0.3 is 14.8 Å². The molecule has 0 saturated heterocycles. The van der Waals surface area contributed by atoms with E-state index in [4.69, 9.17) is 9.47 Å². The molecule has 0 saturated carbocycles. The molecular formula is C18H21F3N2O4S. The summed E-state index contributed by atoms with van der Waals surface area (Å²) in [6, 6.07) is 11.1. The maximum Gasteiger partial charge on any atom is 0.422 e. The van der Waals surface area contributed by atoms with E-state index in [0.29, 0.717) is 13.1 Å². The van der Waals surface area contributed by atoms with Crippen molar-refractivity contribution < 1.29 is 31.1 Å². The zero-order chi connectivity index (χ0) is 20.8. The van der Waals surface area contributed by atoms with Gasteiger partial charge >= 0.3 is 6.18 Å². The van der Waals surface area contributed by atoms with Crippen LogP contribution in [0.1, 0.15) is 11.1 Å². The Hall–Kier alpha value is -2.30. The third-order valence-electron chi connectivity index (χ3n) is 3.76. The zero-order valence-electron chi connectivity index (χ0n) is 15.3. The lowest BCUT2D eigenvalue weighted by Gasteiger charge is -2.14. The number of sulfonamides is 1. The van der Waals surface area contributed by atoms with Crippen molar-refractivity contribution in [2.24, 2.45) is 0 Å². The lowest BCUT2D eigenvalue weighted by Crippen LogP contribution is -2.19. The van der Waals surface area contributed by atoms with Gasteiger partial charge in [-0.1, -0.05) is 18.2 Å². The first-order valence-corrected chi connectivity index (χ1v) is 9.72. The normalized spacial score (nSPS) is 12.0. The number of halogens is 3. The van der Waals surface area contributed by atoms with Gasteiger partial charge in [-0.05, 0) is 42.4 Å². The lowest BCUT2D eigenvalue weighted by molar-refractivity contribution is -0.153. The van der Waals surface area contributed by atoms with Crippen LogP contribution in [0.4, 0.5) is 13.2 Å². The van der Waals surface area contributed by atoms with E-state index in [9.17, 15) is 21.6 Å². The van der Waals surface area contributed by atoms with Gasteiger partial charge in [0, 0.05) is 13.1 Å². The molecule has 2 N–H and O–H groups in total. The van der Waals surface area contributed by atoms with Crippen molar-refractivity contribution >= 4 is 10.0 Å². The van der Waals surface area contributed by atoms with Crippen molar-refractivity contribution in [3.8, 4) is 11.5 Å². The predicted molar refractivity (Wildman–Crippen MR) is 97.8 cm³/mol. The first-order chi connectivity index (χ1) is 13.1. The Kier molecular flexibility index (Phi) is 7.28. The van der Waals surface area contributed by atoms with E-state index in [1.807, 2.05) is 0 Å². The van der Waals surface area contributed by atoms with E-state index in [2.05, 4.69) is 10.0 Å². The second kappa shape index (κ2) is 9.26. The van der Waals surface area contributed by atoms with Crippen LogP contribution in [0.3, 0.4) is 0 Å². The fraction of sp³-hybridized carbons (Fsp3) is 0.333. The summed E-state index contributed by atoms with van der Waals surface area (Å²) in [6.07, 6.45) is -4.43. The van der Waals surface area contributed by atoms with Gasteiger partial charge in [-0.3, -0.25) is 0 Å². The number of nitrogens with one attached hydrogen (secondary N) is 2. The Morgan fingerprint density at radius 2 is 1.68 bits per heavy atom. The molecule has 0 amide bonds. The Labute approximate surface area is 161 Å². The highest BCUT2D eigenvalue weighted by molar-refractivity contribution is 7.89. The van der Waals surface area contributed by atoms with Crippen molar-refractivity contribution in [3.63, 3.8) is 0 Å². The molecule has 0 fully saturated rings. The summed E-state index contributed by atoms with van der Waals surface area (Å²) in [7, 11) is -0.825. The monoisotopic (exact) mass is 418 g/mol. The Balaban J connectivity index is 1.99. The molecule has 0 atom stereocenters. The van der Waals surface area contributed by atoms with Crippen LogP contribution in [0.15, 0.2) is 47.4 Å². The smallest absolute Gasteiger partial charge is 0.422 e. The number of ether oxygens (including phenoxy) is 2.